The van der Waals surface area contributed by atoms with Crippen molar-refractivity contribution in [3.05, 3.63) is 47.0 Å². The molecular formula is C20H19BrN2O4. The summed E-state index contributed by atoms with van der Waals surface area (Å²) in [6.45, 7) is 3.94. The highest BCUT2D eigenvalue weighted by atomic mass is 79.9. The molecule has 2 fully saturated rings. The van der Waals surface area contributed by atoms with Crippen LogP contribution in [0.2, 0.25) is 0 Å². The zero-order valence-electron chi connectivity index (χ0n) is 14.8. The molecule has 2 bridgehead atoms. The molecule has 1 aromatic carbocycles. The van der Waals surface area contributed by atoms with Crippen LogP contribution in [-0.4, -0.2) is 36.8 Å². The normalized spacial score (nSPS) is 28.3. The molecule has 0 spiro atoms. The highest BCUT2D eigenvalue weighted by molar-refractivity contribution is 9.10. The van der Waals surface area contributed by atoms with E-state index in [1.54, 1.807) is 25.3 Å². The average Bonchev–Trinajstić information content (AvgIpc) is 3.33. The van der Waals surface area contributed by atoms with Gasteiger partial charge in [0.1, 0.15) is 6.61 Å². The van der Waals surface area contributed by atoms with Crippen molar-refractivity contribution in [2.24, 2.45) is 28.8 Å². The molecule has 0 radical (unpaired) electrons. The third kappa shape index (κ3) is 2.90. The second kappa shape index (κ2) is 6.96. The van der Waals surface area contributed by atoms with Gasteiger partial charge in [0.15, 0.2) is 11.5 Å². The van der Waals surface area contributed by atoms with E-state index in [0.717, 1.165) is 15.9 Å². The van der Waals surface area contributed by atoms with E-state index in [9.17, 15) is 9.59 Å². The Morgan fingerprint density at radius 3 is 2.52 bits per heavy atom. The quantitative estimate of drug-likeness (QED) is 0.394. The molecule has 140 valence electrons. The van der Waals surface area contributed by atoms with E-state index in [2.05, 4.69) is 39.8 Å². The first-order valence-corrected chi connectivity index (χ1v) is 9.55. The van der Waals surface area contributed by atoms with E-state index >= 15 is 0 Å². The monoisotopic (exact) mass is 430 g/mol. The first kappa shape index (κ1) is 18.0. The van der Waals surface area contributed by atoms with Crippen LogP contribution in [0.15, 0.2) is 46.5 Å². The third-order valence-corrected chi connectivity index (χ3v) is 5.83. The minimum atomic E-state index is -0.266. The molecule has 1 heterocycles. The maximum Gasteiger partial charge on any atom is 0.254 e. The average molecular weight is 431 g/mol. The minimum absolute atomic E-state index is 0.161. The van der Waals surface area contributed by atoms with Crippen LogP contribution < -0.4 is 9.47 Å². The standard InChI is InChI=1S/C20H19BrN2O4/c1-3-6-27-18-13(8-14(21)9-15(18)26-2)10-22-23-19(24)16-11-4-5-12(7-11)17(16)20(23)25/h3-5,8-12,16-17H,1,6-7H2,2H3/t11-,12-,16-,17+/m0/s1. The van der Waals surface area contributed by atoms with E-state index in [0.29, 0.717) is 23.7 Å². The number of carbonyl (C=O) groups excluding carboxylic acids is 2. The number of amides is 2. The Balaban J connectivity index is 1.63. The molecule has 2 aliphatic carbocycles. The molecule has 1 aliphatic heterocycles. The number of allylic oxidation sites excluding steroid dienone is 2. The molecule has 2 amide bonds. The lowest BCUT2D eigenvalue weighted by atomic mass is 9.85. The predicted molar refractivity (Wildman–Crippen MR) is 104 cm³/mol. The highest BCUT2D eigenvalue weighted by Crippen LogP contribution is 2.52. The molecule has 6 nitrogen and oxygen atoms in total. The summed E-state index contributed by atoms with van der Waals surface area (Å²) in [6, 6.07) is 3.57. The van der Waals surface area contributed by atoms with Crippen LogP contribution in [0, 0.1) is 23.7 Å². The van der Waals surface area contributed by atoms with Crippen molar-refractivity contribution >= 4 is 34.0 Å². The van der Waals surface area contributed by atoms with Gasteiger partial charge in [0.05, 0.1) is 25.2 Å². The lowest BCUT2D eigenvalue weighted by Crippen LogP contribution is -2.28. The molecule has 3 aliphatic rings. The number of imide groups is 1. The lowest BCUT2D eigenvalue weighted by Gasteiger charge is -2.14. The van der Waals surface area contributed by atoms with Gasteiger partial charge in [-0.3, -0.25) is 9.59 Å². The molecule has 4 rings (SSSR count). The third-order valence-electron chi connectivity index (χ3n) is 5.37. The van der Waals surface area contributed by atoms with Crippen molar-refractivity contribution in [2.75, 3.05) is 13.7 Å². The number of fused-ring (bicyclic) bond motifs is 5. The van der Waals surface area contributed by atoms with Crippen molar-refractivity contribution in [1.29, 1.82) is 0 Å². The summed E-state index contributed by atoms with van der Waals surface area (Å²) in [7, 11) is 1.54. The molecule has 0 N–H and O–H groups in total. The molecule has 4 atom stereocenters. The number of ether oxygens (including phenoxy) is 2. The van der Waals surface area contributed by atoms with Crippen molar-refractivity contribution < 1.29 is 19.1 Å². The number of rotatable bonds is 6. The van der Waals surface area contributed by atoms with Crippen LogP contribution >= 0.6 is 15.9 Å². The van der Waals surface area contributed by atoms with Gasteiger partial charge >= 0.3 is 0 Å². The summed E-state index contributed by atoms with van der Waals surface area (Å²) in [5.74, 6) is 0.359. The number of hydrogen-bond donors (Lipinski definition) is 0. The van der Waals surface area contributed by atoms with E-state index < -0.39 is 0 Å². The van der Waals surface area contributed by atoms with E-state index in [4.69, 9.17) is 9.47 Å². The van der Waals surface area contributed by atoms with Gasteiger partial charge in [-0.1, -0.05) is 40.7 Å². The first-order chi connectivity index (χ1) is 13.0. The number of hydrazone groups is 1. The Labute approximate surface area is 165 Å². The Morgan fingerprint density at radius 2 is 1.93 bits per heavy atom. The van der Waals surface area contributed by atoms with Gasteiger partial charge in [-0.25, -0.2) is 0 Å². The molecule has 1 saturated heterocycles. The van der Waals surface area contributed by atoms with Crippen molar-refractivity contribution in [1.82, 2.24) is 5.01 Å². The number of hydrogen-bond acceptors (Lipinski definition) is 5. The zero-order valence-corrected chi connectivity index (χ0v) is 16.4. The van der Waals surface area contributed by atoms with E-state index in [1.807, 2.05) is 0 Å². The minimum Gasteiger partial charge on any atom is -0.493 e. The van der Waals surface area contributed by atoms with Crippen LogP contribution in [0.1, 0.15) is 12.0 Å². The van der Waals surface area contributed by atoms with Gasteiger partial charge in [-0.15, -0.1) is 0 Å². The van der Waals surface area contributed by atoms with Crippen LogP contribution in [-0.2, 0) is 9.59 Å². The molecule has 0 unspecified atom stereocenters. The summed E-state index contributed by atoms with van der Waals surface area (Å²) in [4.78, 5) is 25.5. The smallest absolute Gasteiger partial charge is 0.254 e. The SMILES string of the molecule is C=CCOc1c(C=NN2C(=O)[C@@H]3[C@H](C2=O)[C@H]2C=C[C@H]3C2)cc(Br)cc1OC. The van der Waals surface area contributed by atoms with E-state index in [1.165, 1.54) is 6.21 Å². The Bertz CT molecular complexity index is 849. The molecule has 7 heteroatoms. The van der Waals surface area contributed by atoms with E-state index in [-0.39, 0.29) is 35.5 Å². The molecule has 0 aromatic heterocycles. The summed E-state index contributed by atoms with van der Waals surface area (Å²) in [5, 5.41) is 5.24. The number of nitrogens with zero attached hydrogens (tertiary/aromatic N) is 2. The maximum atomic E-state index is 12.7. The van der Waals surface area contributed by atoms with Gasteiger partial charge in [0.2, 0.25) is 0 Å². The van der Waals surface area contributed by atoms with Crippen LogP contribution in [0.4, 0.5) is 0 Å². The Morgan fingerprint density at radius 1 is 1.26 bits per heavy atom. The van der Waals surface area contributed by atoms with Crippen LogP contribution in [0.3, 0.4) is 0 Å². The summed E-state index contributed by atoms with van der Waals surface area (Å²) in [5.41, 5.74) is 0.599. The number of halogens is 1. The van der Waals surface area contributed by atoms with Gasteiger partial charge in [0.25, 0.3) is 11.8 Å². The highest BCUT2D eigenvalue weighted by Gasteiger charge is 2.59. The fourth-order valence-electron chi connectivity index (χ4n) is 4.25. The van der Waals surface area contributed by atoms with Crippen molar-refractivity contribution in [2.45, 2.75) is 6.42 Å². The predicted octanol–water partition coefficient (Wildman–Crippen LogP) is 3.16. The topological polar surface area (TPSA) is 68.2 Å². The van der Waals surface area contributed by atoms with Crippen LogP contribution in [0.25, 0.3) is 0 Å². The first-order valence-electron chi connectivity index (χ1n) is 8.76. The van der Waals surface area contributed by atoms with Gasteiger partial charge in [-0.2, -0.15) is 10.1 Å². The molecule has 1 aromatic rings. The van der Waals surface area contributed by atoms with Crippen molar-refractivity contribution in [3.8, 4) is 11.5 Å². The zero-order chi connectivity index (χ0) is 19.1. The summed E-state index contributed by atoms with van der Waals surface area (Å²) in [6.07, 6.45) is 8.11. The lowest BCUT2D eigenvalue weighted by molar-refractivity contribution is -0.140. The summed E-state index contributed by atoms with van der Waals surface area (Å²) < 4.78 is 11.8. The maximum absolute atomic E-state index is 12.7. The Kier molecular flexibility index (Phi) is 4.63. The summed E-state index contributed by atoms with van der Waals surface area (Å²) >= 11 is 3.42. The molecule has 27 heavy (non-hydrogen) atoms. The number of carbonyl (C=O) groups is 2. The number of methoxy groups -OCH3 is 1. The fraction of sp³-hybridized carbons (Fsp3) is 0.350. The fourth-order valence-corrected chi connectivity index (χ4v) is 4.71. The number of benzene rings is 1. The Hall–Kier alpha value is -2.41. The largest absolute Gasteiger partial charge is 0.493 e. The van der Waals surface area contributed by atoms with Crippen LogP contribution in [0.5, 0.6) is 11.5 Å². The molecule has 1 saturated carbocycles. The van der Waals surface area contributed by atoms with Gasteiger partial charge in [0, 0.05) is 10.0 Å². The second-order valence-corrected chi connectivity index (χ2v) is 7.77. The second-order valence-electron chi connectivity index (χ2n) is 6.86. The van der Waals surface area contributed by atoms with Gasteiger partial charge in [-0.05, 0) is 30.4 Å². The van der Waals surface area contributed by atoms with Gasteiger partial charge < -0.3 is 9.47 Å². The molecular weight excluding hydrogens is 412 g/mol. The van der Waals surface area contributed by atoms with Crippen molar-refractivity contribution in [3.63, 3.8) is 0 Å².